The Balaban J connectivity index is 1.82. The van der Waals surface area contributed by atoms with E-state index in [9.17, 15) is 4.79 Å². The third kappa shape index (κ3) is 4.02. The number of aromatic nitrogens is 1. The minimum atomic E-state index is -0.343. The molecule has 0 amide bonds. The second-order valence-corrected chi connectivity index (χ2v) is 7.54. The van der Waals surface area contributed by atoms with Crippen LogP contribution in [0.5, 0.6) is 0 Å². The average molecular weight is 424 g/mol. The van der Waals surface area contributed by atoms with E-state index in [-0.39, 0.29) is 5.97 Å². The van der Waals surface area contributed by atoms with Gasteiger partial charge in [-0.2, -0.15) is 0 Å². The molecule has 0 radical (unpaired) electrons. The third-order valence-corrected chi connectivity index (χ3v) is 5.56. The summed E-state index contributed by atoms with van der Waals surface area (Å²) in [5.74, 6) is -0.343. The monoisotopic (exact) mass is 423 g/mol. The zero-order chi connectivity index (χ0) is 20.4. The average Bonchev–Trinajstić information content (AvgIpc) is 3.09. The van der Waals surface area contributed by atoms with Gasteiger partial charge in [0.1, 0.15) is 5.69 Å². The molecule has 1 heterocycles. The standard InChI is InChI=1S/C24H19Cl2NO2/c1-2-29-24(28)23-14-19-13-18(17-6-4-3-5-7-17)9-11-22(19)27(23)15-16-8-10-20(25)21(26)12-16/h3-14H,2,15H2,1H3. The van der Waals surface area contributed by atoms with Crippen LogP contribution in [0.1, 0.15) is 23.0 Å². The molecule has 0 unspecified atom stereocenters. The number of ether oxygens (including phenoxy) is 1. The molecule has 0 atom stereocenters. The van der Waals surface area contributed by atoms with Crippen LogP contribution >= 0.6 is 23.2 Å². The Labute approximate surface area is 179 Å². The first-order valence-corrected chi connectivity index (χ1v) is 10.1. The minimum absolute atomic E-state index is 0.322. The Hall–Kier alpha value is -2.75. The van der Waals surface area contributed by atoms with Crippen LogP contribution in [-0.4, -0.2) is 17.1 Å². The molecule has 3 nitrogen and oxygen atoms in total. The van der Waals surface area contributed by atoms with Gasteiger partial charge in [0.25, 0.3) is 0 Å². The molecule has 0 N–H and O–H groups in total. The highest BCUT2D eigenvalue weighted by Gasteiger charge is 2.18. The van der Waals surface area contributed by atoms with Crippen molar-refractivity contribution in [2.75, 3.05) is 6.61 Å². The summed E-state index contributed by atoms with van der Waals surface area (Å²) in [6, 6.07) is 23.7. The van der Waals surface area contributed by atoms with Gasteiger partial charge in [0.2, 0.25) is 0 Å². The predicted octanol–water partition coefficient (Wildman–Crippen LogP) is 6.84. The summed E-state index contributed by atoms with van der Waals surface area (Å²) in [6.45, 7) is 2.61. The van der Waals surface area contributed by atoms with Crippen LogP contribution in [0.3, 0.4) is 0 Å². The number of esters is 1. The number of hydrogen-bond donors (Lipinski definition) is 0. The first-order chi connectivity index (χ1) is 14.1. The zero-order valence-electron chi connectivity index (χ0n) is 15.9. The quantitative estimate of drug-likeness (QED) is 0.329. The Morgan fingerprint density at radius 3 is 2.41 bits per heavy atom. The van der Waals surface area contributed by atoms with Crippen LogP contribution in [0.15, 0.2) is 72.8 Å². The Kier molecular flexibility index (Phi) is 5.61. The van der Waals surface area contributed by atoms with E-state index in [4.69, 9.17) is 27.9 Å². The summed E-state index contributed by atoms with van der Waals surface area (Å²) in [5, 5.41) is 1.98. The highest BCUT2D eigenvalue weighted by atomic mass is 35.5. The van der Waals surface area contributed by atoms with E-state index in [1.54, 1.807) is 13.0 Å². The highest BCUT2D eigenvalue weighted by Crippen LogP contribution is 2.29. The normalized spacial score (nSPS) is 11.0. The first-order valence-electron chi connectivity index (χ1n) is 9.36. The molecule has 4 aromatic rings. The smallest absolute Gasteiger partial charge is 0.354 e. The third-order valence-electron chi connectivity index (χ3n) is 4.82. The lowest BCUT2D eigenvalue weighted by atomic mass is 10.0. The molecule has 0 fully saturated rings. The van der Waals surface area contributed by atoms with Gasteiger partial charge in [-0.15, -0.1) is 0 Å². The van der Waals surface area contributed by atoms with E-state index >= 15 is 0 Å². The van der Waals surface area contributed by atoms with Gasteiger partial charge in [-0.05, 0) is 53.9 Å². The van der Waals surface area contributed by atoms with E-state index in [2.05, 4.69) is 24.3 Å². The van der Waals surface area contributed by atoms with Crippen LogP contribution in [0, 0.1) is 0 Å². The minimum Gasteiger partial charge on any atom is -0.461 e. The Morgan fingerprint density at radius 1 is 0.897 bits per heavy atom. The summed E-state index contributed by atoms with van der Waals surface area (Å²) in [6.07, 6.45) is 0. The maximum atomic E-state index is 12.6. The van der Waals surface area contributed by atoms with Crippen molar-refractivity contribution in [3.05, 3.63) is 94.1 Å². The summed E-state index contributed by atoms with van der Waals surface area (Å²) in [7, 11) is 0. The Morgan fingerprint density at radius 2 is 1.69 bits per heavy atom. The number of fused-ring (bicyclic) bond motifs is 1. The number of carbonyl (C=O) groups excluding carboxylic acids is 1. The molecular formula is C24H19Cl2NO2. The van der Waals surface area contributed by atoms with Crippen molar-refractivity contribution in [1.29, 1.82) is 0 Å². The van der Waals surface area contributed by atoms with Crippen LogP contribution in [0.4, 0.5) is 0 Å². The molecule has 146 valence electrons. The summed E-state index contributed by atoms with van der Waals surface area (Å²) in [4.78, 5) is 12.6. The van der Waals surface area contributed by atoms with E-state index < -0.39 is 0 Å². The lowest BCUT2D eigenvalue weighted by Crippen LogP contribution is -2.12. The van der Waals surface area contributed by atoms with Crippen molar-refractivity contribution >= 4 is 40.1 Å². The topological polar surface area (TPSA) is 31.2 Å². The van der Waals surface area contributed by atoms with Crippen molar-refractivity contribution < 1.29 is 9.53 Å². The van der Waals surface area contributed by atoms with Crippen molar-refractivity contribution in [1.82, 2.24) is 4.57 Å². The molecule has 0 spiro atoms. The van der Waals surface area contributed by atoms with Gasteiger partial charge in [-0.1, -0.05) is 65.7 Å². The molecule has 0 aliphatic carbocycles. The van der Waals surface area contributed by atoms with Crippen molar-refractivity contribution in [2.24, 2.45) is 0 Å². The fourth-order valence-corrected chi connectivity index (χ4v) is 3.77. The van der Waals surface area contributed by atoms with E-state index in [0.717, 1.165) is 27.6 Å². The molecule has 5 heteroatoms. The fourth-order valence-electron chi connectivity index (χ4n) is 3.45. The fraction of sp³-hybridized carbons (Fsp3) is 0.125. The summed E-state index contributed by atoms with van der Waals surface area (Å²) in [5.41, 5.74) is 4.65. The molecular weight excluding hydrogens is 405 g/mol. The van der Waals surface area contributed by atoms with Gasteiger partial charge in [-0.25, -0.2) is 4.79 Å². The first kappa shape index (κ1) is 19.6. The summed E-state index contributed by atoms with van der Waals surface area (Å²) < 4.78 is 7.25. The molecule has 4 rings (SSSR count). The summed E-state index contributed by atoms with van der Waals surface area (Å²) >= 11 is 12.2. The van der Waals surface area contributed by atoms with Crippen molar-refractivity contribution in [3.63, 3.8) is 0 Å². The van der Waals surface area contributed by atoms with E-state index in [1.807, 2.05) is 47.0 Å². The van der Waals surface area contributed by atoms with Crippen molar-refractivity contribution in [2.45, 2.75) is 13.5 Å². The largest absolute Gasteiger partial charge is 0.461 e. The predicted molar refractivity (Wildman–Crippen MR) is 119 cm³/mol. The lowest BCUT2D eigenvalue weighted by molar-refractivity contribution is 0.0515. The number of hydrogen-bond acceptors (Lipinski definition) is 2. The molecule has 0 aliphatic heterocycles. The van der Waals surface area contributed by atoms with Crippen LogP contribution < -0.4 is 0 Å². The number of rotatable bonds is 5. The molecule has 0 saturated heterocycles. The second-order valence-electron chi connectivity index (χ2n) is 6.72. The SMILES string of the molecule is CCOC(=O)c1cc2cc(-c3ccccc3)ccc2n1Cc1ccc(Cl)c(Cl)c1. The molecule has 0 bridgehead atoms. The van der Waals surface area contributed by atoms with E-state index in [1.165, 1.54) is 0 Å². The maximum Gasteiger partial charge on any atom is 0.354 e. The van der Waals surface area contributed by atoms with Gasteiger partial charge in [0.15, 0.2) is 0 Å². The van der Waals surface area contributed by atoms with Gasteiger partial charge in [0.05, 0.1) is 16.7 Å². The van der Waals surface area contributed by atoms with Crippen molar-refractivity contribution in [3.8, 4) is 11.1 Å². The number of halogens is 2. The molecule has 0 aliphatic rings. The van der Waals surface area contributed by atoms with E-state index in [0.29, 0.717) is 28.9 Å². The number of nitrogens with zero attached hydrogens (tertiary/aromatic N) is 1. The van der Waals surface area contributed by atoms with Gasteiger partial charge in [-0.3, -0.25) is 0 Å². The molecule has 3 aromatic carbocycles. The number of carbonyl (C=O) groups is 1. The molecule has 29 heavy (non-hydrogen) atoms. The highest BCUT2D eigenvalue weighted by molar-refractivity contribution is 6.42. The van der Waals surface area contributed by atoms with Crippen LogP contribution in [0.25, 0.3) is 22.0 Å². The van der Waals surface area contributed by atoms with Crippen LogP contribution in [-0.2, 0) is 11.3 Å². The zero-order valence-corrected chi connectivity index (χ0v) is 17.4. The van der Waals surface area contributed by atoms with Crippen LogP contribution in [0.2, 0.25) is 10.0 Å². The van der Waals surface area contributed by atoms with Gasteiger partial charge < -0.3 is 9.30 Å². The molecule has 0 saturated carbocycles. The Bertz CT molecular complexity index is 1180. The molecule has 1 aromatic heterocycles. The lowest BCUT2D eigenvalue weighted by Gasteiger charge is -2.11. The van der Waals surface area contributed by atoms with Gasteiger partial charge >= 0.3 is 5.97 Å². The second kappa shape index (κ2) is 8.32. The maximum absolute atomic E-state index is 12.6. The number of benzene rings is 3. The van der Waals surface area contributed by atoms with Gasteiger partial charge in [0, 0.05) is 17.4 Å².